The summed E-state index contributed by atoms with van der Waals surface area (Å²) in [5.41, 5.74) is 4.38. The maximum Gasteiger partial charge on any atom is 0.221 e. The monoisotopic (exact) mass is 333 g/mol. The Balaban J connectivity index is 1.68. The van der Waals surface area contributed by atoms with Crippen molar-refractivity contribution in [2.45, 2.75) is 20.5 Å². The van der Waals surface area contributed by atoms with Gasteiger partial charge >= 0.3 is 0 Å². The van der Waals surface area contributed by atoms with Gasteiger partial charge in [-0.2, -0.15) is 0 Å². The van der Waals surface area contributed by atoms with Gasteiger partial charge in [0.2, 0.25) is 5.91 Å². The highest BCUT2D eigenvalue weighted by atomic mass is 16.6. The lowest BCUT2D eigenvalue weighted by Crippen LogP contribution is -2.06. The van der Waals surface area contributed by atoms with Crippen LogP contribution in [-0.2, 0) is 16.2 Å². The molecule has 0 atom stereocenters. The van der Waals surface area contributed by atoms with Gasteiger partial charge in [0.15, 0.2) is 0 Å². The van der Waals surface area contributed by atoms with Crippen LogP contribution in [0.3, 0.4) is 0 Å². The number of aromatic nitrogens is 1. The summed E-state index contributed by atoms with van der Waals surface area (Å²) in [5.74, 6) is -0.0924. The Bertz CT molecular complexity index is 912. The van der Waals surface area contributed by atoms with Gasteiger partial charge in [-0.25, -0.2) is 0 Å². The molecule has 1 N–H and O–H groups in total. The first-order valence-corrected chi connectivity index (χ1v) is 8.01. The zero-order valence-electron chi connectivity index (χ0n) is 14.2. The first kappa shape index (κ1) is 16.6. The van der Waals surface area contributed by atoms with E-state index >= 15 is 0 Å². The fraction of sp³-hybridized carbons (Fsp3) is 0.150. The smallest absolute Gasteiger partial charge is 0.221 e. The molecule has 1 aromatic heterocycles. The Labute approximate surface area is 146 Å². The first-order valence-electron chi connectivity index (χ1n) is 8.01. The number of rotatable bonds is 5. The van der Waals surface area contributed by atoms with Crippen LogP contribution in [0.2, 0.25) is 0 Å². The third-order valence-electron chi connectivity index (χ3n) is 3.76. The number of pyridine rings is 1. The van der Waals surface area contributed by atoms with Crippen LogP contribution in [0.25, 0.3) is 10.9 Å². The van der Waals surface area contributed by atoms with Gasteiger partial charge in [0.1, 0.15) is 6.61 Å². The molecule has 5 nitrogen and oxygen atoms in total. The molecule has 2 aromatic carbocycles. The van der Waals surface area contributed by atoms with Crippen LogP contribution in [0.4, 0.5) is 5.69 Å². The zero-order chi connectivity index (χ0) is 17.6. The molecule has 0 aliphatic heterocycles. The Hall–Kier alpha value is -3.21. The SMILES string of the molecule is CC(=O)Nc1ccc(/C(C)=N\OCc2cccc3cccnc23)cc1. The zero-order valence-corrected chi connectivity index (χ0v) is 14.2. The molecule has 0 aliphatic rings. The van der Waals surface area contributed by atoms with E-state index in [-0.39, 0.29) is 5.91 Å². The van der Waals surface area contributed by atoms with Crippen LogP contribution >= 0.6 is 0 Å². The predicted molar refractivity (Wildman–Crippen MR) is 99.5 cm³/mol. The molecule has 0 radical (unpaired) electrons. The molecule has 0 unspecified atom stereocenters. The van der Waals surface area contributed by atoms with E-state index in [0.29, 0.717) is 6.61 Å². The van der Waals surface area contributed by atoms with Crippen LogP contribution in [0, 0.1) is 0 Å². The van der Waals surface area contributed by atoms with Gasteiger partial charge in [0, 0.05) is 29.8 Å². The highest BCUT2D eigenvalue weighted by Crippen LogP contribution is 2.17. The van der Waals surface area contributed by atoms with Crippen LogP contribution in [0.5, 0.6) is 0 Å². The second-order valence-electron chi connectivity index (χ2n) is 5.70. The number of benzene rings is 2. The Morgan fingerprint density at radius 2 is 1.84 bits per heavy atom. The summed E-state index contributed by atoms with van der Waals surface area (Å²) in [6.45, 7) is 3.72. The number of nitrogens with zero attached hydrogens (tertiary/aromatic N) is 2. The summed E-state index contributed by atoms with van der Waals surface area (Å²) < 4.78 is 0. The first-order chi connectivity index (χ1) is 12.1. The minimum absolute atomic E-state index is 0.0924. The van der Waals surface area contributed by atoms with Gasteiger partial charge in [-0.15, -0.1) is 0 Å². The number of hydrogen-bond donors (Lipinski definition) is 1. The molecule has 0 bridgehead atoms. The van der Waals surface area contributed by atoms with E-state index in [2.05, 4.69) is 15.5 Å². The minimum Gasteiger partial charge on any atom is -0.391 e. The summed E-state index contributed by atoms with van der Waals surface area (Å²) in [7, 11) is 0. The van der Waals surface area contributed by atoms with Gasteiger partial charge in [-0.3, -0.25) is 9.78 Å². The molecule has 1 heterocycles. The maximum atomic E-state index is 11.0. The summed E-state index contributed by atoms with van der Waals surface area (Å²) in [6.07, 6.45) is 1.77. The molecular weight excluding hydrogens is 314 g/mol. The second kappa shape index (κ2) is 7.57. The molecule has 0 aliphatic carbocycles. The number of amides is 1. The number of para-hydroxylation sites is 1. The van der Waals surface area contributed by atoms with Crippen LogP contribution < -0.4 is 5.32 Å². The standard InChI is InChI=1S/C20H19N3O2/c1-14(16-8-10-19(11-9-16)22-15(2)24)23-25-13-18-6-3-5-17-7-4-12-21-20(17)18/h3-12H,13H2,1-2H3,(H,22,24)/b23-14-. The lowest BCUT2D eigenvalue weighted by atomic mass is 10.1. The van der Waals surface area contributed by atoms with Gasteiger partial charge in [-0.05, 0) is 30.7 Å². The van der Waals surface area contributed by atoms with Gasteiger partial charge in [-0.1, -0.05) is 41.6 Å². The lowest BCUT2D eigenvalue weighted by molar-refractivity contribution is -0.114. The number of carbonyl (C=O) groups is 1. The normalized spacial score (nSPS) is 11.4. The Morgan fingerprint density at radius 3 is 2.60 bits per heavy atom. The molecule has 0 spiro atoms. The third kappa shape index (κ3) is 4.20. The van der Waals surface area contributed by atoms with Crippen LogP contribution in [0.15, 0.2) is 65.9 Å². The number of anilines is 1. The number of oxime groups is 1. The summed E-state index contributed by atoms with van der Waals surface area (Å²) in [5, 5.41) is 8.01. The van der Waals surface area contributed by atoms with Crippen molar-refractivity contribution in [1.29, 1.82) is 0 Å². The quantitative estimate of drug-likeness (QED) is 0.564. The molecule has 0 saturated heterocycles. The highest BCUT2D eigenvalue weighted by molar-refractivity contribution is 5.99. The summed E-state index contributed by atoms with van der Waals surface area (Å²) in [6, 6.07) is 17.4. The van der Waals surface area contributed by atoms with Crippen LogP contribution in [0.1, 0.15) is 25.0 Å². The minimum atomic E-state index is -0.0924. The molecule has 0 saturated carbocycles. The van der Waals surface area contributed by atoms with E-state index in [4.69, 9.17) is 4.84 Å². The summed E-state index contributed by atoms with van der Waals surface area (Å²) in [4.78, 5) is 21.0. The van der Waals surface area contributed by atoms with Crippen molar-refractivity contribution in [1.82, 2.24) is 4.98 Å². The number of fused-ring (bicyclic) bond motifs is 1. The molecule has 1 amide bonds. The van der Waals surface area contributed by atoms with Crippen molar-refractivity contribution in [2.75, 3.05) is 5.32 Å². The average Bonchev–Trinajstić information content (AvgIpc) is 2.62. The largest absolute Gasteiger partial charge is 0.391 e. The van der Waals surface area contributed by atoms with Crippen LogP contribution in [-0.4, -0.2) is 16.6 Å². The van der Waals surface area contributed by atoms with E-state index in [1.807, 2.05) is 61.5 Å². The van der Waals surface area contributed by atoms with Crippen molar-refractivity contribution >= 4 is 28.2 Å². The van der Waals surface area contributed by atoms with E-state index < -0.39 is 0 Å². The molecule has 0 fully saturated rings. The Kier molecular flexibility index (Phi) is 5.04. The van der Waals surface area contributed by atoms with Crippen molar-refractivity contribution in [2.24, 2.45) is 5.16 Å². The number of carbonyl (C=O) groups excluding carboxylic acids is 1. The van der Waals surface area contributed by atoms with Gasteiger partial charge in [0.05, 0.1) is 11.2 Å². The number of hydrogen-bond acceptors (Lipinski definition) is 4. The van der Waals surface area contributed by atoms with E-state index in [1.165, 1.54) is 6.92 Å². The predicted octanol–water partition coefficient (Wildman–Crippen LogP) is 4.13. The van der Waals surface area contributed by atoms with E-state index in [0.717, 1.165) is 33.4 Å². The van der Waals surface area contributed by atoms with Gasteiger partial charge < -0.3 is 10.2 Å². The van der Waals surface area contributed by atoms with Gasteiger partial charge in [0.25, 0.3) is 0 Å². The topological polar surface area (TPSA) is 63.6 Å². The number of nitrogens with one attached hydrogen (secondary N) is 1. The highest BCUT2D eigenvalue weighted by Gasteiger charge is 2.03. The fourth-order valence-electron chi connectivity index (χ4n) is 2.53. The van der Waals surface area contributed by atoms with E-state index in [9.17, 15) is 4.79 Å². The molecule has 3 rings (SSSR count). The second-order valence-corrected chi connectivity index (χ2v) is 5.70. The molecule has 25 heavy (non-hydrogen) atoms. The molecule has 3 aromatic rings. The fourth-order valence-corrected chi connectivity index (χ4v) is 2.53. The third-order valence-corrected chi connectivity index (χ3v) is 3.76. The molecule has 126 valence electrons. The van der Waals surface area contributed by atoms with Crippen molar-refractivity contribution < 1.29 is 9.63 Å². The Morgan fingerprint density at radius 1 is 1.08 bits per heavy atom. The summed E-state index contributed by atoms with van der Waals surface area (Å²) >= 11 is 0. The maximum absolute atomic E-state index is 11.0. The molecular formula is C20H19N3O2. The van der Waals surface area contributed by atoms with Crippen molar-refractivity contribution in [3.63, 3.8) is 0 Å². The lowest BCUT2D eigenvalue weighted by Gasteiger charge is -2.06. The van der Waals surface area contributed by atoms with E-state index in [1.54, 1.807) is 6.20 Å². The van der Waals surface area contributed by atoms with Crippen molar-refractivity contribution in [3.8, 4) is 0 Å². The van der Waals surface area contributed by atoms with Crippen molar-refractivity contribution in [3.05, 3.63) is 71.9 Å². The average molecular weight is 333 g/mol. The molecule has 5 heteroatoms.